The number of hydrogen-bond donors (Lipinski definition) is 0. The summed E-state index contributed by atoms with van der Waals surface area (Å²) in [5.41, 5.74) is 9.57. The zero-order valence-corrected chi connectivity index (χ0v) is 25.3. The summed E-state index contributed by atoms with van der Waals surface area (Å²) >= 11 is 1.88. The molecule has 2 aromatic heterocycles. The molecule has 212 valence electrons. The molecule has 0 unspecified atom stereocenters. The molecule has 0 radical (unpaired) electrons. The summed E-state index contributed by atoms with van der Waals surface area (Å²) < 4.78 is 4.97. The predicted molar refractivity (Wildman–Crippen MR) is 194 cm³/mol. The van der Waals surface area contributed by atoms with Gasteiger partial charge in [-0.1, -0.05) is 109 Å². The smallest absolute Gasteiger partial charge is 0.0640 e. The predicted octanol–water partition coefficient (Wildman–Crippen LogP) is 12.3. The van der Waals surface area contributed by atoms with Gasteiger partial charge in [-0.2, -0.15) is 0 Å². The molecule has 9 rings (SSSR count). The fourth-order valence-corrected chi connectivity index (χ4v) is 7.97. The standard InChI is InChI=1S/C42H28N2S/c1-4-13-31(14-5-1)43(32-15-6-2-7-16-32)39-22-12-20-37-36-26-24-30(28-41(36)45-42(37)39)29-23-25-35-34-19-10-11-21-38(34)44(40(35)27-29)33-17-8-3-9-18-33/h1-28H. The number of para-hydroxylation sites is 4. The van der Waals surface area contributed by atoms with E-state index in [2.05, 4.69) is 179 Å². The van der Waals surface area contributed by atoms with Gasteiger partial charge >= 0.3 is 0 Å². The van der Waals surface area contributed by atoms with Crippen LogP contribution in [0.4, 0.5) is 17.1 Å². The molecule has 2 heterocycles. The average Bonchev–Trinajstić information content (AvgIpc) is 3.65. The molecule has 0 aliphatic carbocycles. The Labute approximate surface area is 265 Å². The lowest BCUT2D eigenvalue weighted by atomic mass is 10.0. The van der Waals surface area contributed by atoms with E-state index in [1.165, 1.54) is 64.5 Å². The summed E-state index contributed by atoms with van der Waals surface area (Å²) in [6.07, 6.45) is 0. The molecular weight excluding hydrogens is 565 g/mol. The van der Waals surface area contributed by atoms with Crippen molar-refractivity contribution in [2.24, 2.45) is 0 Å². The first-order chi connectivity index (χ1) is 22.3. The van der Waals surface area contributed by atoms with Crippen LogP contribution in [0.15, 0.2) is 170 Å². The van der Waals surface area contributed by atoms with Crippen molar-refractivity contribution in [1.29, 1.82) is 0 Å². The summed E-state index contributed by atoms with van der Waals surface area (Å²) in [6, 6.07) is 61.3. The number of rotatable bonds is 5. The Bertz CT molecular complexity index is 2440. The zero-order chi connectivity index (χ0) is 29.7. The Morgan fingerprint density at radius 1 is 0.422 bits per heavy atom. The minimum absolute atomic E-state index is 1.15. The first kappa shape index (κ1) is 25.8. The van der Waals surface area contributed by atoms with Gasteiger partial charge in [0.05, 0.1) is 21.4 Å². The van der Waals surface area contributed by atoms with Crippen molar-refractivity contribution in [3.05, 3.63) is 170 Å². The molecule has 0 aliphatic heterocycles. The number of anilines is 3. The first-order valence-corrected chi connectivity index (χ1v) is 16.1. The van der Waals surface area contributed by atoms with E-state index < -0.39 is 0 Å². The molecule has 2 nitrogen and oxygen atoms in total. The van der Waals surface area contributed by atoms with E-state index in [-0.39, 0.29) is 0 Å². The third kappa shape index (κ3) is 4.24. The Morgan fingerprint density at radius 3 is 1.73 bits per heavy atom. The van der Waals surface area contributed by atoms with Gasteiger partial charge < -0.3 is 9.47 Å². The third-order valence-corrected chi connectivity index (χ3v) is 9.96. The molecule has 0 aliphatic rings. The molecule has 0 spiro atoms. The summed E-state index contributed by atoms with van der Waals surface area (Å²) in [6.45, 7) is 0. The van der Waals surface area contributed by atoms with Crippen molar-refractivity contribution in [2.75, 3.05) is 4.90 Å². The summed E-state index contributed by atoms with van der Waals surface area (Å²) in [4.78, 5) is 2.37. The van der Waals surface area contributed by atoms with Gasteiger partial charge in [0.1, 0.15) is 0 Å². The van der Waals surface area contributed by atoms with Crippen LogP contribution in [-0.2, 0) is 0 Å². The normalized spacial score (nSPS) is 11.6. The SMILES string of the molecule is c1ccc(N(c2ccccc2)c2cccc3c2sc2cc(-c4ccc5c6ccccc6n(-c6ccccc6)c5c4)ccc23)cc1. The third-order valence-electron chi connectivity index (χ3n) is 8.77. The molecule has 7 aromatic carbocycles. The molecule has 45 heavy (non-hydrogen) atoms. The molecular formula is C42H28N2S. The van der Waals surface area contributed by atoms with E-state index in [0.29, 0.717) is 0 Å². The molecule has 0 bridgehead atoms. The molecule has 0 atom stereocenters. The van der Waals surface area contributed by atoms with Crippen molar-refractivity contribution in [3.63, 3.8) is 0 Å². The van der Waals surface area contributed by atoms with Crippen molar-refractivity contribution in [1.82, 2.24) is 4.57 Å². The highest BCUT2D eigenvalue weighted by atomic mass is 32.1. The maximum Gasteiger partial charge on any atom is 0.0640 e. The van der Waals surface area contributed by atoms with Crippen LogP contribution < -0.4 is 4.90 Å². The fraction of sp³-hybridized carbons (Fsp3) is 0. The molecule has 0 N–H and O–H groups in total. The molecule has 0 amide bonds. The van der Waals surface area contributed by atoms with Gasteiger partial charge in [0, 0.05) is 43.3 Å². The first-order valence-electron chi connectivity index (χ1n) is 15.3. The van der Waals surface area contributed by atoms with Crippen LogP contribution in [-0.4, -0.2) is 4.57 Å². The van der Waals surface area contributed by atoms with E-state index in [1.807, 2.05) is 11.3 Å². The topological polar surface area (TPSA) is 8.17 Å². The Balaban J connectivity index is 1.22. The quantitative estimate of drug-likeness (QED) is 0.193. The van der Waals surface area contributed by atoms with E-state index in [9.17, 15) is 0 Å². The van der Waals surface area contributed by atoms with Gasteiger partial charge in [-0.3, -0.25) is 0 Å². The number of nitrogens with zero attached hydrogens (tertiary/aromatic N) is 2. The zero-order valence-electron chi connectivity index (χ0n) is 24.5. The number of hydrogen-bond acceptors (Lipinski definition) is 2. The second-order valence-electron chi connectivity index (χ2n) is 11.4. The Hall–Kier alpha value is -5.64. The van der Waals surface area contributed by atoms with Crippen molar-refractivity contribution in [3.8, 4) is 16.8 Å². The molecule has 0 saturated carbocycles. The van der Waals surface area contributed by atoms with Gasteiger partial charge in [0.25, 0.3) is 0 Å². The van der Waals surface area contributed by atoms with Gasteiger partial charge in [-0.05, 0) is 71.8 Å². The van der Waals surface area contributed by atoms with Gasteiger partial charge in [0.2, 0.25) is 0 Å². The van der Waals surface area contributed by atoms with E-state index in [1.54, 1.807) is 0 Å². The van der Waals surface area contributed by atoms with Gasteiger partial charge in [-0.25, -0.2) is 0 Å². The van der Waals surface area contributed by atoms with Crippen LogP contribution in [0.25, 0.3) is 58.8 Å². The van der Waals surface area contributed by atoms with Gasteiger partial charge in [0.15, 0.2) is 0 Å². The van der Waals surface area contributed by atoms with Crippen molar-refractivity contribution < 1.29 is 0 Å². The molecule has 3 heteroatoms. The summed E-state index contributed by atoms with van der Waals surface area (Å²) in [5, 5.41) is 5.13. The van der Waals surface area contributed by atoms with Crippen molar-refractivity contribution in [2.45, 2.75) is 0 Å². The van der Waals surface area contributed by atoms with Crippen LogP contribution in [0.1, 0.15) is 0 Å². The van der Waals surface area contributed by atoms with Crippen LogP contribution in [0, 0.1) is 0 Å². The second kappa shape index (κ2) is 10.5. The minimum atomic E-state index is 1.15. The lowest BCUT2D eigenvalue weighted by Crippen LogP contribution is -2.09. The van der Waals surface area contributed by atoms with Crippen LogP contribution in [0.2, 0.25) is 0 Å². The van der Waals surface area contributed by atoms with Gasteiger partial charge in [-0.15, -0.1) is 11.3 Å². The number of aromatic nitrogens is 1. The molecule has 0 fully saturated rings. The van der Waals surface area contributed by atoms with E-state index >= 15 is 0 Å². The maximum absolute atomic E-state index is 2.39. The summed E-state index contributed by atoms with van der Waals surface area (Å²) in [7, 11) is 0. The van der Waals surface area contributed by atoms with Crippen LogP contribution in [0.5, 0.6) is 0 Å². The number of benzene rings is 7. The Kier molecular flexibility index (Phi) is 6.03. The average molecular weight is 593 g/mol. The Morgan fingerprint density at radius 2 is 1.00 bits per heavy atom. The summed E-state index contributed by atoms with van der Waals surface area (Å²) in [5.74, 6) is 0. The van der Waals surface area contributed by atoms with E-state index in [0.717, 1.165) is 11.4 Å². The highest BCUT2D eigenvalue weighted by Crippen LogP contribution is 2.45. The van der Waals surface area contributed by atoms with Crippen molar-refractivity contribution >= 4 is 70.4 Å². The highest BCUT2D eigenvalue weighted by Gasteiger charge is 2.18. The monoisotopic (exact) mass is 592 g/mol. The largest absolute Gasteiger partial charge is 0.309 e. The van der Waals surface area contributed by atoms with E-state index in [4.69, 9.17) is 0 Å². The lowest BCUT2D eigenvalue weighted by molar-refractivity contribution is 1.18. The highest BCUT2D eigenvalue weighted by molar-refractivity contribution is 7.26. The number of fused-ring (bicyclic) bond motifs is 6. The second-order valence-corrected chi connectivity index (χ2v) is 12.4. The maximum atomic E-state index is 2.39. The number of thiophene rings is 1. The van der Waals surface area contributed by atoms with Crippen LogP contribution in [0.3, 0.4) is 0 Å². The van der Waals surface area contributed by atoms with Crippen LogP contribution >= 0.6 is 11.3 Å². The molecule has 9 aromatic rings. The minimum Gasteiger partial charge on any atom is -0.309 e. The lowest BCUT2D eigenvalue weighted by Gasteiger charge is -2.25. The molecule has 0 saturated heterocycles. The fourth-order valence-electron chi connectivity index (χ4n) is 6.73.